The van der Waals surface area contributed by atoms with E-state index in [2.05, 4.69) is 15.0 Å². The van der Waals surface area contributed by atoms with Gasteiger partial charge in [-0.25, -0.2) is 14.4 Å². The number of benzene rings is 1. The van der Waals surface area contributed by atoms with Crippen LogP contribution >= 0.6 is 0 Å². The average molecular weight is 334 g/mol. The maximum Gasteiger partial charge on any atom is 0.484 e. The molecular formula is C16H10F4N4. The number of nitrogens with one attached hydrogen (secondary N) is 1. The largest absolute Gasteiger partial charge is 0.484 e. The molecule has 2 aromatic heterocycles. The standard InChI is InChI=1S/C16H10F4N4/c17-12-3-1-10(2-4-12)13-9-22-15(24-16(18,19)20)23-14(13)11-5-7-21-8-6-11/h1-9H,(H,22,23,24). The normalized spacial score (nSPS) is 11.3. The van der Waals surface area contributed by atoms with Crippen LogP contribution in [0, 0.1) is 5.82 Å². The Balaban J connectivity index is 2.13. The second kappa shape index (κ2) is 6.23. The molecule has 4 nitrogen and oxygen atoms in total. The molecule has 0 saturated carbocycles. The fourth-order valence-corrected chi connectivity index (χ4v) is 2.14. The summed E-state index contributed by atoms with van der Waals surface area (Å²) < 4.78 is 50.6. The highest BCUT2D eigenvalue weighted by molar-refractivity contribution is 5.80. The summed E-state index contributed by atoms with van der Waals surface area (Å²) in [5, 5.41) is 1.28. The molecule has 0 saturated heterocycles. The van der Waals surface area contributed by atoms with Gasteiger partial charge in [-0.05, 0) is 29.8 Å². The van der Waals surface area contributed by atoms with Crippen molar-refractivity contribution in [3.05, 3.63) is 60.8 Å². The lowest BCUT2D eigenvalue weighted by molar-refractivity contribution is -0.101. The van der Waals surface area contributed by atoms with Crippen molar-refractivity contribution in [1.29, 1.82) is 0 Å². The Hall–Kier alpha value is -3.03. The first-order chi connectivity index (χ1) is 11.4. The molecular weight excluding hydrogens is 324 g/mol. The average Bonchev–Trinajstić information content (AvgIpc) is 2.55. The Morgan fingerprint density at radius 2 is 1.54 bits per heavy atom. The molecule has 1 N–H and O–H groups in total. The van der Waals surface area contributed by atoms with Crippen molar-refractivity contribution >= 4 is 5.95 Å². The summed E-state index contributed by atoms with van der Waals surface area (Å²) in [6.07, 6.45) is -0.373. The maximum atomic E-state index is 13.1. The van der Waals surface area contributed by atoms with E-state index in [-0.39, 0.29) is 5.69 Å². The van der Waals surface area contributed by atoms with Crippen molar-refractivity contribution in [3.63, 3.8) is 0 Å². The number of halogens is 4. The molecule has 0 amide bonds. The van der Waals surface area contributed by atoms with Crippen LogP contribution in [0.25, 0.3) is 22.4 Å². The topological polar surface area (TPSA) is 50.7 Å². The van der Waals surface area contributed by atoms with Crippen molar-refractivity contribution in [2.24, 2.45) is 0 Å². The Bertz CT molecular complexity index is 833. The van der Waals surface area contributed by atoms with Gasteiger partial charge in [0.15, 0.2) is 0 Å². The smallest absolute Gasteiger partial charge is 0.266 e. The second-order valence-corrected chi connectivity index (χ2v) is 4.82. The molecule has 0 aliphatic heterocycles. The van der Waals surface area contributed by atoms with Crippen LogP contribution in [0.5, 0.6) is 0 Å². The highest BCUT2D eigenvalue weighted by Crippen LogP contribution is 2.31. The summed E-state index contributed by atoms with van der Waals surface area (Å²) in [5.41, 5.74) is 1.92. The summed E-state index contributed by atoms with van der Waals surface area (Å²) in [6, 6.07) is 8.77. The van der Waals surface area contributed by atoms with Crippen LogP contribution in [0.2, 0.25) is 0 Å². The van der Waals surface area contributed by atoms with E-state index < -0.39 is 18.1 Å². The lowest BCUT2D eigenvalue weighted by atomic mass is 10.0. The molecule has 0 bridgehead atoms. The lowest BCUT2D eigenvalue weighted by Gasteiger charge is -2.13. The zero-order chi connectivity index (χ0) is 17.2. The van der Waals surface area contributed by atoms with Gasteiger partial charge in [0.2, 0.25) is 5.95 Å². The van der Waals surface area contributed by atoms with E-state index in [0.29, 0.717) is 16.7 Å². The minimum atomic E-state index is -4.65. The van der Waals surface area contributed by atoms with Gasteiger partial charge in [0.1, 0.15) is 5.82 Å². The summed E-state index contributed by atoms with van der Waals surface area (Å²) >= 11 is 0. The third-order valence-corrected chi connectivity index (χ3v) is 3.15. The number of nitrogens with zero attached hydrogens (tertiary/aromatic N) is 3. The highest BCUT2D eigenvalue weighted by atomic mass is 19.4. The molecule has 3 aromatic rings. The molecule has 24 heavy (non-hydrogen) atoms. The molecule has 8 heteroatoms. The molecule has 0 aliphatic carbocycles. The number of anilines is 1. The molecule has 0 unspecified atom stereocenters. The van der Waals surface area contributed by atoms with Crippen LogP contribution in [0.15, 0.2) is 55.0 Å². The Labute approximate surface area is 134 Å². The summed E-state index contributed by atoms with van der Waals surface area (Å²) in [6.45, 7) is 0. The van der Waals surface area contributed by atoms with Gasteiger partial charge in [0.25, 0.3) is 0 Å². The van der Waals surface area contributed by atoms with Crippen LogP contribution in [0.4, 0.5) is 23.5 Å². The van der Waals surface area contributed by atoms with Crippen LogP contribution in [0.3, 0.4) is 0 Å². The molecule has 0 aliphatic rings. The second-order valence-electron chi connectivity index (χ2n) is 4.82. The van der Waals surface area contributed by atoms with E-state index in [1.165, 1.54) is 48.2 Å². The van der Waals surface area contributed by atoms with Crippen LogP contribution < -0.4 is 5.32 Å². The zero-order valence-corrected chi connectivity index (χ0v) is 12.0. The maximum absolute atomic E-state index is 13.1. The van der Waals surface area contributed by atoms with E-state index in [1.54, 1.807) is 12.1 Å². The van der Waals surface area contributed by atoms with Gasteiger partial charge in [0, 0.05) is 29.7 Å². The number of aromatic nitrogens is 3. The zero-order valence-electron chi connectivity index (χ0n) is 12.0. The fraction of sp³-hybridized carbons (Fsp3) is 0.0625. The van der Waals surface area contributed by atoms with Gasteiger partial charge in [-0.3, -0.25) is 10.3 Å². The number of alkyl halides is 3. The van der Waals surface area contributed by atoms with Crippen molar-refractivity contribution in [1.82, 2.24) is 15.0 Å². The third kappa shape index (κ3) is 3.65. The first-order valence-electron chi connectivity index (χ1n) is 6.81. The van der Waals surface area contributed by atoms with Gasteiger partial charge < -0.3 is 0 Å². The minimum Gasteiger partial charge on any atom is -0.266 e. The number of hydrogen-bond acceptors (Lipinski definition) is 4. The van der Waals surface area contributed by atoms with Crippen molar-refractivity contribution in [3.8, 4) is 22.4 Å². The first kappa shape index (κ1) is 15.9. The third-order valence-electron chi connectivity index (χ3n) is 3.15. The van der Waals surface area contributed by atoms with Crippen molar-refractivity contribution in [2.45, 2.75) is 6.30 Å². The summed E-state index contributed by atoms with van der Waals surface area (Å²) in [7, 11) is 0. The van der Waals surface area contributed by atoms with Crippen LogP contribution in [0.1, 0.15) is 0 Å². The van der Waals surface area contributed by atoms with Gasteiger partial charge in [-0.1, -0.05) is 12.1 Å². The quantitative estimate of drug-likeness (QED) is 0.574. The van der Waals surface area contributed by atoms with Gasteiger partial charge in [-0.2, -0.15) is 13.2 Å². The first-order valence-corrected chi connectivity index (χ1v) is 6.81. The number of pyridine rings is 1. The number of hydrogen-bond donors (Lipinski definition) is 1. The Morgan fingerprint density at radius 1 is 0.875 bits per heavy atom. The fourth-order valence-electron chi connectivity index (χ4n) is 2.14. The molecule has 0 spiro atoms. The molecule has 1 aromatic carbocycles. The lowest BCUT2D eigenvalue weighted by Crippen LogP contribution is -2.22. The van der Waals surface area contributed by atoms with Gasteiger partial charge >= 0.3 is 6.30 Å². The monoisotopic (exact) mass is 334 g/mol. The summed E-state index contributed by atoms with van der Waals surface area (Å²) in [5.74, 6) is -0.985. The number of rotatable bonds is 3. The van der Waals surface area contributed by atoms with Gasteiger partial charge in [-0.15, -0.1) is 0 Å². The predicted molar refractivity (Wildman–Crippen MR) is 80.3 cm³/mol. The Morgan fingerprint density at radius 3 is 2.17 bits per heavy atom. The molecule has 0 atom stereocenters. The molecule has 3 rings (SSSR count). The molecule has 122 valence electrons. The molecule has 0 fully saturated rings. The van der Waals surface area contributed by atoms with Crippen molar-refractivity contribution < 1.29 is 17.6 Å². The highest BCUT2D eigenvalue weighted by Gasteiger charge is 2.29. The molecule has 0 radical (unpaired) electrons. The predicted octanol–water partition coefficient (Wildman–Crippen LogP) is 4.28. The van der Waals surface area contributed by atoms with E-state index in [0.717, 1.165) is 0 Å². The van der Waals surface area contributed by atoms with E-state index in [1.807, 2.05) is 0 Å². The minimum absolute atomic E-state index is 0.283. The SMILES string of the molecule is Fc1ccc(-c2cnc(NC(F)(F)F)nc2-c2ccncc2)cc1. The molecule has 2 heterocycles. The van der Waals surface area contributed by atoms with E-state index in [4.69, 9.17) is 0 Å². The van der Waals surface area contributed by atoms with Crippen LogP contribution in [-0.2, 0) is 0 Å². The Kier molecular flexibility index (Phi) is 4.11. The van der Waals surface area contributed by atoms with E-state index >= 15 is 0 Å². The van der Waals surface area contributed by atoms with Gasteiger partial charge in [0.05, 0.1) is 5.69 Å². The van der Waals surface area contributed by atoms with Crippen molar-refractivity contribution in [2.75, 3.05) is 5.32 Å². The van der Waals surface area contributed by atoms with Crippen LogP contribution in [-0.4, -0.2) is 21.3 Å². The summed E-state index contributed by atoms with van der Waals surface area (Å²) in [4.78, 5) is 11.5. The van der Waals surface area contributed by atoms with E-state index in [9.17, 15) is 17.6 Å².